The minimum Gasteiger partial charge on any atom is -0.503 e. The number of likely N-dealkylation sites (tertiary alicyclic amines) is 1. The van der Waals surface area contributed by atoms with Crippen molar-refractivity contribution in [1.82, 2.24) is 4.90 Å². The topological polar surface area (TPSA) is 32.7 Å². The van der Waals surface area contributed by atoms with E-state index in [1.807, 2.05) is 19.1 Å². The quantitative estimate of drug-likeness (QED) is 0.842. The summed E-state index contributed by atoms with van der Waals surface area (Å²) in [6, 6.07) is 3.95. The van der Waals surface area contributed by atoms with Crippen molar-refractivity contribution in [3.8, 4) is 11.5 Å². The van der Waals surface area contributed by atoms with Crippen molar-refractivity contribution in [2.45, 2.75) is 39.7 Å². The van der Waals surface area contributed by atoms with Gasteiger partial charge in [-0.2, -0.15) is 0 Å². The van der Waals surface area contributed by atoms with Crippen molar-refractivity contribution < 1.29 is 9.84 Å². The lowest BCUT2D eigenvalue weighted by Gasteiger charge is -2.17. The maximum atomic E-state index is 9.94. The van der Waals surface area contributed by atoms with Gasteiger partial charge >= 0.3 is 0 Å². The Morgan fingerprint density at radius 3 is 2.90 bits per heavy atom. The Hall–Kier alpha value is -0.740. The zero-order valence-electron chi connectivity index (χ0n) is 12.4. The Bertz CT molecular complexity index is 450. The minimum absolute atomic E-state index is 0.195. The molecule has 1 aliphatic rings. The third-order valence-corrected chi connectivity index (χ3v) is 4.47. The molecule has 4 heteroatoms. The first kappa shape index (κ1) is 15.6. The molecule has 1 heterocycles. The van der Waals surface area contributed by atoms with E-state index in [0.717, 1.165) is 12.5 Å². The number of rotatable bonds is 6. The smallest absolute Gasteiger partial charge is 0.172 e. The normalized spacial score (nSPS) is 19.4. The minimum atomic E-state index is 0.195. The van der Waals surface area contributed by atoms with E-state index in [1.54, 1.807) is 0 Å². The van der Waals surface area contributed by atoms with Gasteiger partial charge < -0.3 is 9.84 Å². The van der Waals surface area contributed by atoms with Gasteiger partial charge in [0, 0.05) is 13.1 Å². The summed E-state index contributed by atoms with van der Waals surface area (Å²) in [4.78, 5) is 2.49. The van der Waals surface area contributed by atoms with Crippen molar-refractivity contribution in [3.63, 3.8) is 0 Å². The van der Waals surface area contributed by atoms with Crippen LogP contribution in [0.25, 0.3) is 0 Å². The molecule has 2 rings (SSSR count). The number of hydrogen-bond acceptors (Lipinski definition) is 3. The molecule has 1 aliphatic heterocycles. The van der Waals surface area contributed by atoms with Crippen LogP contribution in [0.1, 0.15) is 38.7 Å². The fourth-order valence-corrected chi connectivity index (χ4v) is 3.43. The highest BCUT2D eigenvalue weighted by atomic mass is 79.9. The van der Waals surface area contributed by atoms with E-state index in [4.69, 9.17) is 4.74 Å². The summed E-state index contributed by atoms with van der Waals surface area (Å²) >= 11 is 3.40. The van der Waals surface area contributed by atoms with Gasteiger partial charge in [0.2, 0.25) is 0 Å². The second-order valence-electron chi connectivity index (χ2n) is 5.54. The Labute approximate surface area is 130 Å². The van der Waals surface area contributed by atoms with Crippen LogP contribution in [0.2, 0.25) is 0 Å². The van der Waals surface area contributed by atoms with Crippen LogP contribution in [-0.4, -0.2) is 29.7 Å². The number of phenols is 1. The molecule has 0 aromatic heterocycles. The summed E-state index contributed by atoms with van der Waals surface area (Å²) in [7, 11) is 0. The summed E-state index contributed by atoms with van der Waals surface area (Å²) in [5.74, 6) is 1.62. The average Bonchev–Trinajstić information content (AvgIpc) is 2.83. The molecule has 1 fully saturated rings. The van der Waals surface area contributed by atoms with E-state index in [2.05, 4.69) is 27.8 Å². The number of ether oxygens (including phenoxy) is 1. The van der Waals surface area contributed by atoms with Crippen LogP contribution in [0.15, 0.2) is 16.6 Å². The molecule has 0 amide bonds. The van der Waals surface area contributed by atoms with Gasteiger partial charge in [-0.05, 0) is 65.9 Å². The lowest BCUT2D eigenvalue weighted by Crippen LogP contribution is -2.20. The van der Waals surface area contributed by atoms with Gasteiger partial charge in [-0.1, -0.05) is 13.3 Å². The van der Waals surface area contributed by atoms with Gasteiger partial charge in [0.15, 0.2) is 11.5 Å². The predicted octanol–water partition coefficient (Wildman–Crippen LogP) is 4.18. The Balaban J connectivity index is 2.03. The summed E-state index contributed by atoms with van der Waals surface area (Å²) in [5, 5.41) is 9.94. The first-order valence-electron chi connectivity index (χ1n) is 7.50. The van der Waals surface area contributed by atoms with Gasteiger partial charge in [-0.3, -0.25) is 4.90 Å². The van der Waals surface area contributed by atoms with E-state index in [1.165, 1.54) is 37.9 Å². The molecular formula is C16H24BrNO2. The molecule has 0 radical (unpaired) electrons. The van der Waals surface area contributed by atoms with Crippen molar-refractivity contribution >= 4 is 15.9 Å². The lowest BCUT2D eigenvalue weighted by molar-refractivity contribution is 0.304. The largest absolute Gasteiger partial charge is 0.503 e. The zero-order chi connectivity index (χ0) is 14.5. The second kappa shape index (κ2) is 7.32. The van der Waals surface area contributed by atoms with Crippen molar-refractivity contribution in [1.29, 1.82) is 0 Å². The highest BCUT2D eigenvalue weighted by molar-refractivity contribution is 9.10. The molecule has 1 aromatic rings. The lowest BCUT2D eigenvalue weighted by atomic mass is 10.0. The van der Waals surface area contributed by atoms with Crippen LogP contribution >= 0.6 is 15.9 Å². The third-order valence-electron chi connectivity index (χ3n) is 3.86. The maximum Gasteiger partial charge on any atom is 0.172 e. The Kier molecular flexibility index (Phi) is 5.73. The van der Waals surface area contributed by atoms with Crippen LogP contribution < -0.4 is 4.74 Å². The molecule has 0 bridgehead atoms. The molecule has 1 unspecified atom stereocenters. The summed E-state index contributed by atoms with van der Waals surface area (Å²) in [6.07, 6.45) is 3.92. The van der Waals surface area contributed by atoms with Gasteiger partial charge in [0.05, 0.1) is 11.1 Å². The Morgan fingerprint density at radius 1 is 1.40 bits per heavy atom. The monoisotopic (exact) mass is 341 g/mol. The molecule has 1 aromatic carbocycles. The number of phenolic OH excluding ortho intramolecular Hbond substituents is 1. The average molecular weight is 342 g/mol. The molecule has 1 saturated heterocycles. The molecule has 0 aliphatic carbocycles. The third kappa shape index (κ3) is 3.89. The van der Waals surface area contributed by atoms with E-state index in [-0.39, 0.29) is 5.75 Å². The summed E-state index contributed by atoms with van der Waals surface area (Å²) < 4.78 is 6.19. The highest BCUT2D eigenvalue weighted by Gasteiger charge is 2.22. The van der Waals surface area contributed by atoms with Crippen LogP contribution in [-0.2, 0) is 6.54 Å². The van der Waals surface area contributed by atoms with Crippen LogP contribution in [0.4, 0.5) is 0 Å². The van der Waals surface area contributed by atoms with Crippen LogP contribution in [0, 0.1) is 5.92 Å². The molecule has 20 heavy (non-hydrogen) atoms. The first-order chi connectivity index (χ1) is 9.63. The maximum absolute atomic E-state index is 9.94. The predicted molar refractivity (Wildman–Crippen MR) is 85.3 cm³/mol. The van der Waals surface area contributed by atoms with E-state index < -0.39 is 0 Å². The van der Waals surface area contributed by atoms with E-state index in [0.29, 0.717) is 16.8 Å². The van der Waals surface area contributed by atoms with E-state index in [9.17, 15) is 5.11 Å². The van der Waals surface area contributed by atoms with Gasteiger partial charge in [0.1, 0.15) is 0 Å². The molecule has 3 nitrogen and oxygen atoms in total. The van der Waals surface area contributed by atoms with Gasteiger partial charge in [-0.15, -0.1) is 0 Å². The van der Waals surface area contributed by atoms with Crippen LogP contribution in [0.3, 0.4) is 0 Å². The second-order valence-corrected chi connectivity index (χ2v) is 6.39. The number of nitrogens with zero attached hydrogens (tertiary/aromatic N) is 1. The molecule has 0 spiro atoms. The number of benzene rings is 1. The van der Waals surface area contributed by atoms with Gasteiger partial charge in [-0.25, -0.2) is 0 Å². The number of halogens is 1. The molecule has 1 N–H and O–H groups in total. The number of hydrogen-bond donors (Lipinski definition) is 1. The van der Waals surface area contributed by atoms with Gasteiger partial charge in [0.25, 0.3) is 0 Å². The van der Waals surface area contributed by atoms with Crippen molar-refractivity contribution in [2.24, 2.45) is 5.92 Å². The van der Waals surface area contributed by atoms with Crippen molar-refractivity contribution in [2.75, 3.05) is 19.7 Å². The molecule has 0 saturated carbocycles. The first-order valence-corrected chi connectivity index (χ1v) is 8.29. The van der Waals surface area contributed by atoms with Crippen molar-refractivity contribution in [3.05, 3.63) is 22.2 Å². The molecule has 1 atom stereocenters. The fraction of sp³-hybridized carbons (Fsp3) is 0.625. The summed E-state index contributed by atoms with van der Waals surface area (Å²) in [5.41, 5.74) is 1.19. The standard InChI is InChI=1S/C16H24BrNO2/c1-3-5-12-6-7-18(10-12)11-13-8-14(17)16(19)15(9-13)20-4-2/h8-9,12,19H,3-7,10-11H2,1-2H3. The summed E-state index contributed by atoms with van der Waals surface area (Å²) in [6.45, 7) is 8.04. The fourth-order valence-electron chi connectivity index (χ4n) is 2.94. The zero-order valence-corrected chi connectivity index (χ0v) is 13.9. The SMILES string of the molecule is CCCC1CCN(Cc2cc(Br)c(O)c(OCC)c2)C1. The van der Waals surface area contributed by atoms with E-state index >= 15 is 0 Å². The van der Waals surface area contributed by atoms with Crippen LogP contribution in [0.5, 0.6) is 11.5 Å². The Morgan fingerprint density at radius 2 is 2.20 bits per heavy atom. The molecular weight excluding hydrogens is 318 g/mol. The molecule has 112 valence electrons. The number of aromatic hydroxyl groups is 1. The highest BCUT2D eigenvalue weighted by Crippen LogP contribution is 2.36.